The maximum absolute atomic E-state index is 5.62. The van der Waals surface area contributed by atoms with E-state index in [9.17, 15) is 0 Å². The summed E-state index contributed by atoms with van der Waals surface area (Å²) in [5, 5.41) is 0. The van der Waals surface area contributed by atoms with Gasteiger partial charge in [0.1, 0.15) is 4.99 Å². The molecule has 1 rings (SSSR count). The predicted octanol–water partition coefficient (Wildman–Crippen LogP) is 1.49. The summed E-state index contributed by atoms with van der Waals surface area (Å²) in [6.45, 7) is 5.21. The van der Waals surface area contributed by atoms with Crippen LogP contribution in [0.5, 0.6) is 0 Å². The molecule has 0 amide bonds. The van der Waals surface area contributed by atoms with Crippen molar-refractivity contribution in [2.75, 3.05) is 38.6 Å². The Kier molecular flexibility index (Phi) is 6.01. The lowest BCUT2D eigenvalue weighted by atomic mass is 10.2. The monoisotopic (exact) mass is 266 g/mol. The van der Waals surface area contributed by atoms with Crippen molar-refractivity contribution in [1.82, 2.24) is 9.88 Å². The third-order valence-electron chi connectivity index (χ3n) is 2.67. The molecule has 0 radical (unpaired) electrons. The molecule has 0 bridgehead atoms. The quantitative estimate of drug-likeness (QED) is 0.758. The van der Waals surface area contributed by atoms with E-state index in [0.717, 1.165) is 31.7 Å². The smallest absolute Gasteiger partial charge is 0.122 e. The van der Waals surface area contributed by atoms with Crippen LogP contribution in [0.4, 0.5) is 5.69 Å². The van der Waals surface area contributed by atoms with Crippen molar-refractivity contribution < 1.29 is 0 Å². The van der Waals surface area contributed by atoms with Gasteiger partial charge < -0.3 is 15.5 Å². The van der Waals surface area contributed by atoms with E-state index in [1.54, 1.807) is 6.20 Å². The average Bonchev–Trinajstić information content (AvgIpc) is 2.34. The lowest BCUT2D eigenvalue weighted by molar-refractivity contribution is 0.413. The second kappa shape index (κ2) is 7.28. The van der Waals surface area contributed by atoms with Crippen molar-refractivity contribution in [3.63, 3.8) is 0 Å². The van der Waals surface area contributed by atoms with Gasteiger partial charge in [-0.05, 0) is 32.6 Å². The molecule has 0 aromatic carbocycles. The molecule has 0 aliphatic rings. The van der Waals surface area contributed by atoms with Gasteiger partial charge in [0.2, 0.25) is 0 Å². The van der Waals surface area contributed by atoms with Gasteiger partial charge in [-0.3, -0.25) is 4.98 Å². The second-order valence-corrected chi connectivity index (χ2v) is 4.99. The Morgan fingerprint density at radius 1 is 1.33 bits per heavy atom. The summed E-state index contributed by atoms with van der Waals surface area (Å²) in [5.41, 5.74) is 7.45. The zero-order valence-electron chi connectivity index (χ0n) is 11.4. The van der Waals surface area contributed by atoms with E-state index in [1.807, 2.05) is 12.1 Å². The SMILES string of the molecule is CCCN(CCN(C)C)c1ccnc(C(N)=S)c1. The number of pyridine rings is 1. The van der Waals surface area contributed by atoms with Crippen LogP contribution in [0, 0.1) is 0 Å². The first-order chi connectivity index (χ1) is 8.54. The summed E-state index contributed by atoms with van der Waals surface area (Å²) < 4.78 is 0. The van der Waals surface area contributed by atoms with Gasteiger partial charge in [0.15, 0.2) is 0 Å². The summed E-state index contributed by atoms with van der Waals surface area (Å²) in [5.74, 6) is 0. The standard InChI is InChI=1S/C13H22N4S/c1-4-7-17(9-8-16(2)3)11-5-6-15-12(10-11)13(14)18/h5-6,10H,4,7-9H2,1-3H3,(H2,14,18). The zero-order chi connectivity index (χ0) is 13.5. The molecule has 0 fully saturated rings. The molecule has 0 spiro atoms. The number of aromatic nitrogens is 1. The molecule has 1 aromatic rings. The van der Waals surface area contributed by atoms with Crippen LogP contribution >= 0.6 is 12.2 Å². The fourth-order valence-electron chi connectivity index (χ4n) is 1.71. The Bertz CT molecular complexity index is 392. The highest BCUT2D eigenvalue weighted by molar-refractivity contribution is 7.80. The van der Waals surface area contributed by atoms with Gasteiger partial charge in [0, 0.05) is 31.5 Å². The molecule has 0 aliphatic carbocycles. The maximum Gasteiger partial charge on any atom is 0.122 e. The number of likely N-dealkylation sites (N-methyl/N-ethyl adjacent to an activating group) is 1. The first-order valence-corrected chi connectivity index (χ1v) is 6.61. The van der Waals surface area contributed by atoms with Crippen molar-refractivity contribution >= 4 is 22.9 Å². The molecule has 0 aliphatic heterocycles. The fraction of sp³-hybridized carbons (Fsp3) is 0.538. The highest BCUT2D eigenvalue weighted by atomic mass is 32.1. The Labute approximate surface area is 115 Å². The molecule has 100 valence electrons. The first kappa shape index (κ1) is 14.9. The third kappa shape index (κ3) is 4.58. The predicted molar refractivity (Wildman–Crippen MR) is 81.2 cm³/mol. The topological polar surface area (TPSA) is 45.4 Å². The molecule has 4 nitrogen and oxygen atoms in total. The minimum absolute atomic E-state index is 0.348. The molecule has 5 heteroatoms. The van der Waals surface area contributed by atoms with Crippen LogP contribution < -0.4 is 10.6 Å². The normalized spacial score (nSPS) is 10.7. The first-order valence-electron chi connectivity index (χ1n) is 6.20. The largest absolute Gasteiger partial charge is 0.388 e. The van der Waals surface area contributed by atoms with E-state index >= 15 is 0 Å². The number of thiocarbonyl (C=S) groups is 1. The average molecular weight is 266 g/mol. The van der Waals surface area contributed by atoms with Gasteiger partial charge in [-0.15, -0.1) is 0 Å². The van der Waals surface area contributed by atoms with Gasteiger partial charge >= 0.3 is 0 Å². The van der Waals surface area contributed by atoms with E-state index in [-0.39, 0.29) is 0 Å². The third-order valence-corrected chi connectivity index (χ3v) is 2.88. The van der Waals surface area contributed by atoms with Crippen LogP contribution in [0.3, 0.4) is 0 Å². The second-order valence-electron chi connectivity index (χ2n) is 4.55. The number of nitrogens with two attached hydrogens (primary N) is 1. The minimum atomic E-state index is 0.348. The molecular weight excluding hydrogens is 244 g/mol. The number of hydrogen-bond acceptors (Lipinski definition) is 4. The Hall–Kier alpha value is -1.20. The van der Waals surface area contributed by atoms with Gasteiger partial charge in [-0.1, -0.05) is 19.1 Å². The summed E-state index contributed by atoms with van der Waals surface area (Å²) in [4.78, 5) is 9.04. The molecule has 0 saturated heterocycles. The molecule has 0 unspecified atom stereocenters. The Morgan fingerprint density at radius 3 is 2.61 bits per heavy atom. The molecule has 1 aromatic heterocycles. The van der Waals surface area contributed by atoms with E-state index in [2.05, 4.69) is 35.8 Å². The molecule has 0 saturated carbocycles. The molecule has 2 N–H and O–H groups in total. The van der Waals surface area contributed by atoms with Crippen molar-refractivity contribution in [3.05, 3.63) is 24.0 Å². The van der Waals surface area contributed by atoms with Crippen molar-refractivity contribution in [2.45, 2.75) is 13.3 Å². The van der Waals surface area contributed by atoms with Crippen LogP contribution in [0.2, 0.25) is 0 Å². The molecule has 18 heavy (non-hydrogen) atoms. The van der Waals surface area contributed by atoms with Crippen LogP contribution in [0.25, 0.3) is 0 Å². The summed E-state index contributed by atoms with van der Waals surface area (Å²) in [6, 6.07) is 3.97. The zero-order valence-corrected chi connectivity index (χ0v) is 12.2. The minimum Gasteiger partial charge on any atom is -0.388 e. The van der Waals surface area contributed by atoms with Gasteiger partial charge in [0.05, 0.1) is 5.69 Å². The number of nitrogens with zero attached hydrogens (tertiary/aromatic N) is 3. The van der Waals surface area contributed by atoms with Crippen LogP contribution in [-0.4, -0.2) is 48.6 Å². The molecule has 1 heterocycles. The Morgan fingerprint density at radius 2 is 2.06 bits per heavy atom. The van der Waals surface area contributed by atoms with Crippen molar-refractivity contribution in [1.29, 1.82) is 0 Å². The van der Waals surface area contributed by atoms with Gasteiger partial charge in [0.25, 0.3) is 0 Å². The van der Waals surface area contributed by atoms with Crippen molar-refractivity contribution in [2.24, 2.45) is 5.73 Å². The van der Waals surface area contributed by atoms with Gasteiger partial charge in [-0.2, -0.15) is 0 Å². The molecular formula is C13H22N4S. The van der Waals surface area contributed by atoms with E-state index in [0.29, 0.717) is 10.7 Å². The van der Waals surface area contributed by atoms with Gasteiger partial charge in [-0.25, -0.2) is 0 Å². The fourth-order valence-corrected chi connectivity index (χ4v) is 1.82. The lowest BCUT2D eigenvalue weighted by Crippen LogP contribution is -2.32. The lowest BCUT2D eigenvalue weighted by Gasteiger charge is -2.26. The van der Waals surface area contributed by atoms with Crippen LogP contribution in [0.15, 0.2) is 18.3 Å². The van der Waals surface area contributed by atoms with E-state index in [1.165, 1.54) is 0 Å². The number of hydrogen-bond donors (Lipinski definition) is 1. The Balaban J connectivity index is 2.83. The number of anilines is 1. The van der Waals surface area contributed by atoms with E-state index in [4.69, 9.17) is 18.0 Å². The highest BCUT2D eigenvalue weighted by Gasteiger charge is 2.08. The summed E-state index contributed by atoms with van der Waals surface area (Å²) in [7, 11) is 4.16. The number of rotatable bonds is 7. The maximum atomic E-state index is 5.62. The summed E-state index contributed by atoms with van der Waals surface area (Å²) in [6.07, 6.45) is 2.88. The van der Waals surface area contributed by atoms with Crippen molar-refractivity contribution in [3.8, 4) is 0 Å². The van der Waals surface area contributed by atoms with Crippen LogP contribution in [0.1, 0.15) is 19.0 Å². The summed E-state index contributed by atoms with van der Waals surface area (Å²) >= 11 is 4.97. The van der Waals surface area contributed by atoms with Crippen LogP contribution in [-0.2, 0) is 0 Å². The van der Waals surface area contributed by atoms with E-state index < -0.39 is 0 Å². The molecule has 0 atom stereocenters. The highest BCUT2D eigenvalue weighted by Crippen LogP contribution is 2.15.